The van der Waals surface area contributed by atoms with Gasteiger partial charge < -0.3 is 28.7 Å². The average molecular weight is 624 g/mol. The van der Waals surface area contributed by atoms with E-state index in [1.807, 2.05) is 6.92 Å². The molecule has 0 radical (unpaired) electrons. The van der Waals surface area contributed by atoms with Crippen LogP contribution in [0.3, 0.4) is 0 Å². The zero-order valence-corrected chi connectivity index (χ0v) is 27.7. The zero-order valence-electron chi connectivity index (χ0n) is 24.1. The van der Waals surface area contributed by atoms with Crippen LogP contribution in [0.15, 0.2) is 58.7 Å². The maximum Gasteiger partial charge on any atom is 1.00 e. The van der Waals surface area contributed by atoms with Gasteiger partial charge in [-0.3, -0.25) is 4.98 Å². The van der Waals surface area contributed by atoms with Crippen LogP contribution in [-0.2, 0) is 36.5 Å². The number of benzene rings is 2. The van der Waals surface area contributed by atoms with Gasteiger partial charge in [0.2, 0.25) is 0 Å². The molecule has 42 heavy (non-hydrogen) atoms. The van der Waals surface area contributed by atoms with Gasteiger partial charge in [0, 0.05) is 43.1 Å². The van der Waals surface area contributed by atoms with Crippen molar-refractivity contribution >= 4 is 38.2 Å². The van der Waals surface area contributed by atoms with Gasteiger partial charge in [0.05, 0.1) is 34.2 Å². The number of aliphatic carboxylic acids is 1. The third-order valence-corrected chi connectivity index (χ3v) is 9.60. The van der Waals surface area contributed by atoms with Crippen molar-refractivity contribution in [1.29, 1.82) is 0 Å². The number of pyridine rings is 1. The van der Waals surface area contributed by atoms with Crippen LogP contribution >= 0.6 is 0 Å². The summed E-state index contributed by atoms with van der Waals surface area (Å²) in [6.07, 6.45) is 2.26. The molecule has 14 heteroatoms. The molecule has 0 amide bonds. The summed E-state index contributed by atoms with van der Waals surface area (Å²) in [4.78, 5) is 19.6. The Kier molecular flexibility index (Phi) is 11.8. The topological polar surface area (TPSA) is 156 Å². The van der Waals surface area contributed by atoms with Gasteiger partial charge in [0.15, 0.2) is 5.75 Å². The third kappa shape index (κ3) is 7.46. The maximum absolute atomic E-state index is 14.2. The SMILES string of the molecule is COCCCOc1ccnc(C[S+]([O-])c2nc3ccccc3n2S(=O)(=O)c2c(C)cc(OCC(=O)[O-])cc2C)c1C.[Na+]. The molecule has 11 nitrogen and oxygen atoms in total. The Morgan fingerprint density at radius 2 is 1.74 bits per heavy atom. The normalized spacial score (nSPS) is 12.1. The number of rotatable bonds is 13. The number of aromatic nitrogens is 3. The molecule has 1 atom stereocenters. The molecule has 0 fully saturated rings. The van der Waals surface area contributed by atoms with Crippen molar-refractivity contribution in [3.63, 3.8) is 0 Å². The van der Waals surface area contributed by atoms with Gasteiger partial charge >= 0.3 is 34.7 Å². The molecule has 0 bridgehead atoms. The van der Waals surface area contributed by atoms with Crippen molar-refractivity contribution in [1.82, 2.24) is 13.9 Å². The summed E-state index contributed by atoms with van der Waals surface area (Å²) in [5.74, 6) is -0.708. The molecular weight excluding hydrogens is 593 g/mol. The molecule has 4 rings (SSSR count). The van der Waals surface area contributed by atoms with E-state index in [2.05, 4.69) is 9.97 Å². The maximum atomic E-state index is 14.2. The predicted octanol–water partition coefficient (Wildman–Crippen LogP) is -0.551. The molecule has 0 spiro atoms. The molecule has 0 aliphatic heterocycles. The van der Waals surface area contributed by atoms with Crippen molar-refractivity contribution < 1.29 is 66.6 Å². The molecule has 4 aromatic rings. The molecule has 2 heterocycles. The van der Waals surface area contributed by atoms with Gasteiger partial charge in [-0.1, -0.05) is 12.1 Å². The molecule has 2 aromatic carbocycles. The fourth-order valence-electron chi connectivity index (χ4n) is 4.43. The fraction of sp³-hybridized carbons (Fsp3) is 0.321. The van der Waals surface area contributed by atoms with Crippen LogP contribution in [0.4, 0.5) is 0 Å². The number of nitrogens with zero attached hydrogens (tertiary/aromatic N) is 3. The smallest absolute Gasteiger partial charge is 0.609 e. The van der Waals surface area contributed by atoms with E-state index < -0.39 is 33.8 Å². The number of ether oxygens (including phenoxy) is 3. The minimum absolute atomic E-state index is 0. The number of carboxylic acid groups (broad SMARTS) is 1. The molecule has 0 saturated heterocycles. The predicted molar refractivity (Wildman–Crippen MR) is 150 cm³/mol. The number of carboxylic acids is 1. The van der Waals surface area contributed by atoms with Crippen molar-refractivity contribution in [2.45, 2.75) is 43.0 Å². The van der Waals surface area contributed by atoms with E-state index in [0.29, 0.717) is 53.3 Å². The molecule has 0 saturated carbocycles. The van der Waals surface area contributed by atoms with E-state index in [1.54, 1.807) is 57.5 Å². The van der Waals surface area contributed by atoms with E-state index in [1.165, 1.54) is 12.1 Å². The van der Waals surface area contributed by atoms with E-state index in [4.69, 9.17) is 14.2 Å². The van der Waals surface area contributed by atoms with Crippen molar-refractivity contribution in [2.24, 2.45) is 0 Å². The van der Waals surface area contributed by atoms with Crippen LogP contribution in [0.2, 0.25) is 0 Å². The first-order chi connectivity index (χ1) is 19.5. The first kappa shape index (κ1) is 33.8. The number of methoxy groups -OCH3 is 1. The third-order valence-electron chi connectivity index (χ3n) is 6.26. The minimum Gasteiger partial charge on any atom is -0.609 e. The Morgan fingerprint density at radius 3 is 2.40 bits per heavy atom. The second-order valence-electron chi connectivity index (χ2n) is 9.26. The first-order valence-corrected chi connectivity index (χ1v) is 15.4. The Labute approximate surface area is 269 Å². The molecule has 1 unspecified atom stereocenters. The number of hydrogen-bond acceptors (Lipinski definition) is 10. The van der Waals surface area contributed by atoms with Crippen molar-refractivity contribution in [2.75, 3.05) is 26.9 Å². The summed E-state index contributed by atoms with van der Waals surface area (Å²) in [5, 5.41) is 10.7. The van der Waals surface area contributed by atoms with Crippen LogP contribution in [0.5, 0.6) is 11.5 Å². The number of fused-ring (bicyclic) bond motifs is 1. The summed E-state index contributed by atoms with van der Waals surface area (Å²) in [6.45, 7) is 5.28. The summed E-state index contributed by atoms with van der Waals surface area (Å²) >= 11 is -1.91. The van der Waals surface area contributed by atoms with Crippen molar-refractivity contribution in [3.8, 4) is 11.5 Å². The molecule has 2 aromatic heterocycles. The number of carbonyl (C=O) groups is 1. The number of hydrogen-bond donors (Lipinski definition) is 0. The number of aryl methyl sites for hydroxylation is 2. The summed E-state index contributed by atoms with van der Waals surface area (Å²) in [7, 11) is -2.70. The Bertz CT molecular complexity index is 1650. The van der Waals surface area contributed by atoms with Crippen LogP contribution in [0.1, 0.15) is 28.8 Å². The van der Waals surface area contributed by atoms with E-state index >= 15 is 0 Å². The Balaban J connectivity index is 0.00000484. The van der Waals surface area contributed by atoms with Gasteiger partial charge in [0.1, 0.15) is 18.1 Å². The quantitative estimate of drug-likeness (QED) is 0.108. The van der Waals surface area contributed by atoms with E-state index in [9.17, 15) is 22.9 Å². The molecular formula is C28H30N3NaO8S2. The molecule has 218 valence electrons. The van der Waals surface area contributed by atoms with E-state index in [-0.39, 0.29) is 56.6 Å². The average Bonchev–Trinajstić information content (AvgIpc) is 3.32. The summed E-state index contributed by atoms with van der Waals surface area (Å²) in [5.41, 5.74) is 2.47. The second-order valence-corrected chi connectivity index (χ2v) is 12.3. The molecule has 0 aliphatic carbocycles. The minimum atomic E-state index is -4.32. The molecule has 0 N–H and O–H groups in total. The summed E-state index contributed by atoms with van der Waals surface area (Å²) in [6, 6.07) is 11.2. The van der Waals surface area contributed by atoms with Crippen LogP contribution < -0.4 is 44.1 Å². The van der Waals surface area contributed by atoms with Gasteiger partial charge in [-0.25, -0.2) is 8.42 Å². The monoisotopic (exact) mass is 623 g/mol. The van der Waals surface area contributed by atoms with Crippen LogP contribution in [-0.4, -0.2) is 59.8 Å². The first-order valence-electron chi connectivity index (χ1n) is 12.7. The van der Waals surface area contributed by atoms with Gasteiger partial charge in [-0.15, -0.1) is 0 Å². The van der Waals surface area contributed by atoms with Gasteiger partial charge in [-0.05, 0) is 62.2 Å². The van der Waals surface area contributed by atoms with Gasteiger partial charge in [0.25, 0.3) is 10.0 Å². The standard InChI is InChI=1S/C28H31N3O8S2.Na/c1-18-14-21(39-16-26(32)33)15-19(2)27(18)41(35,36)31-24-9-6-5-8-22(24)30-28(31)40(34)17-23-20(3)25(10-11-29-23)38-13-7-12-37-4;/h5-6,8-11,14-15H,7,12-13,16-17H2,1-4H3,(H,32,33);/q;+1/p-1. The number of carbonyl (C=O) groups excluding carboxylic acids is 1. The van der Waals surface area contributed by atoms with Crippen LogP contribution in [0.25, 0.3) is 11.0 Å². The zero-order chi connectivity index (χ0) is 29.7. The number of para-hydroxylation sites is 2. The Hall–Kier alpha value is -2.65. The fourth-order valence-corrected chi connectivity index (χ4v) is 7.90. The number of imidazole rings is 1. The second kappa shape index (κ2) is 14.7. The molecule has 0 aliphatic rings. The van der Waals surface area contributed by atoms with Crippen LogP contribution in [0, 0.1) is 20.8 Å². The van der Waals surface area contributed by atoms with Crippen molar-refractivity contribution in [3.05, 3.63) is 71.0 Å². The van der Waals surface area contributed by atoms with E-state index in [0.717, 1.165) is 3.97 Å². The Morgan fingerprint density at radius 1 is 1.05 bits per heavy atom. The van der Waals surface area contributed by atoms with Gasteiger partial charge in [-0.2, -0.15) is 8.96 Å². The summed E-state index contributed by atoms with van der Waals surface area (Å²) < 4.78 is 59.3. The largest absolute Gasteiger partial charge is 1.00 e.